The molecule has 4 fully saturated rings. The highest BCUT2D eigenvalue weighted by Crippen LogP contribution is 2.66. The molecule has 0 aliphatic heterocycles. The quantitative estimate of drug-likeness (QED) is 0.645. The van der Waals surface area contributed by atoms with Gasteiger partial charge in [-0.2, -0.15) is 0 Å². The second-order valence-electron chi connectivity index (χ2n) is 9.51. The summed E-state index contributed by atoms with van der Waals surface area (Å²) in [6.45, 7) is 4.76. The average molecular weight is 308 g/mol. The van der Waals surface area contributed by atoms with Crippen LogP contribution < -0.4 is 0 Å². The first-order chi connectivity index (χ1) is 10.3. The first kappa shape index (κ1) is 15.4. The van der Waals surface area contributed by atoms with Crippen molar-refractivity contribution in [2.24, 2.45) is 34.5 Å². The summed E-state index contributed by atoms with van der Waals surface area (Å²) in [5, 5.41) is 31.1. The van der Waals surface area contributed by atoms with Gasteiger partial charge in [0.05, 0.1) is 18.3 Å². The van der Waals surface area contributed by atoms with Crippen molar-refractivity contribution in [1.29, 1.82) is 0 Å². The summed E-state index contributed by atoms with van der Waals surface area (Å²) in [7, 11) is 0. The van der Waals surface area contributed by atoms with E-state index in [1.165, 1.54) is 12.8 Å². The summed E-state index contributed by atoms with van der Waals surface area (Å²) < 4.78 is 0. The third kappa shape index (κ3) is 2.04. The molecule has 0 bridgehead atoms. The number of aliphatic hydroxyl groups excluding tert-OH is 3. The average Bonchev–Trinajstić information content (AvgIpc) is 2.76. The molecule has 0 aromatic carbocycles. The molecule has 22 heavy (non-hydrogen) atoms. The number of hydrogen-bond donors (Lipinski definition) is 3. The minimum Gasteiger partial charge on any atom is -0.393 e. The summed E-state index contributed by atoms with van der Waals surface area (Å²) >= 11 is 0. The van der Waals surface area contributed by atoms with E-state index >= 15 is 0 Å². The Bertz CT molecular complexity index is 452. The van der Waals surface area contributed by atoms with Crippen molar-refractivity contribution < 1.29 is 15.3 Å². The predicted molar refractivity (Wildman–Crippen MR) is 85.1 cm³/mol. The first-order valence-corrected chi connectivity index (χ1v) is 9.38. The van der Waals surface area contributed by atoms with Crippen molar-refractivity contribution >= 4 is 0 Å². The molecule has 0 aromatic rings. The maximum absolute atomic E-state index is 10.8. The molecule has 4 rings (SSSR count). The van der Waals surface area contributed by atoms with Gasteiger partial charge in [0.25, 0.3) is 0 Å². The van der Waals surface area contributed by atoms with E-state index in [0.717, 1.165) is 38.5 Å². The van der Waals surface area contributed by atoms with Gasteiger partial charge in [0.2, 0.25) is 0 Å². The van der Waals surface area contributed by atoms with Crippen LogP contribution in [0.1, 0.15) is 65.2 Å². The number of rotatable bonds is 0. The molecule has 4 aliphatic carbocycles. The summed E-state index contributed by atoms with van der Waals surface area (Å²) in [5.74, 6) is 2.10. The van der Waals surface area contributed by atoms with Gasteiger partial charge in [-0.25, -0.2) is 0 Å². The van der Waals surface area contributed by atoms with Gasteiger partial charge in [-0.3, -0.25) is 0 Å². The van der Waals surface area contributed by atoms with Gasteiger partial charge in [-0.05, 0) is 85.9 Å². The SMILES string of the molecule is C[C@]12CC[C@H]3[C@@H](C[C@H](O)[C@H]4C[C@@H](O)CC[C@@]43C)[C@H]1C[C@H](O)C2. The number of fused-ring (bicyclic) bond motifs is 5. The van der Waals surface area contributed by atoms with Crippen LogP contribution in [0.5, 0.6) is 0 Å². The van der Waals surface area contributed by atoms with E-state index in [9.17, 15) is 15.3 Å². The fraction of sp³-hybridized carbons (Fsp3) is 1.00. The van der Waals surface area contributed by atoms with Crippen LogP contribution in [0.25, 0.3) is 0 Å². The van der Waals surface area contributed by atoms with Crippen molar-refractivity contribution in [3.05, 3.63) is 0 Å². The molecule has 4 saturated carbocycles. The monoisotopic (exact) mass is 308 g/mol. The number of hydrogen-bond acceptors (Lipinski definition) is 3. The molecular weight excluding hydrogens is 276 g/mol. The van der Waals surface area contributed by atoms with Gasteiger partial charge in [0.15, 0.2) is 0 Å². The minimum atomic E-state index is -0.263. The standard InChI is InChI=1S/C19H32O3/c1-18-5-4-14-13(15(18)8-12(21)10-18)9-17(22)16-7-11(20)3-6-19(14,16)2/h11-17,20-22H,3-10H2,1-2H3/t11-,12-,13+,14-,15+,16+,17-,18+,19+/m0/s1. The van der Waals surface area contributed by atoms with Gasteiger partial charge >= 0.3 is 0 Å². The van der Waals surface area contributed by atoms with E-state index in [-0.39, 0.29) is 35.1 Å². The van der Waals surface area contributed by atoms with E-state index in [1.807, 2.05) is 0 Å². The molecule has 0 aromatic heterocycles. The lowest BCUT2D eigenvalue weighted by atomic mass is 9.44. The van der Waals surface area contributed by atoms with Crippen molar-refractivity contribution in [2.75, 3.05) is 0 Å². The molecule has 0 unspecified atom stereocenters. The Kier molecular flexibility index (Phi) is 3.46. The molecule has 9 atom stereocenters. The van der Waals surface area contributed by atoms with Crippen LogP contribution in [0.4, 0.5) is 0 Å². The van der Waals surface area contributed by atoms with Crippen molar-refractivity contribution in [3.8, 4) is 0 Å². The molecule has 0 heterocycles. The van der Waals surface area contributed by atoms with Gasteiger partial charge in [0, 0.05) is 0 Å². The maximum atomic E-state index is 10.8. The first-order valence-electron chi connectivity index (χ1n) is 9.38. The summed E-state index contributed by atoms with van der Waals surface area (Å²) in [6.07, 6.45) is 7.39. The van der Waals surface area contributed by atoms with E-state index in [4.69, 9.17) is 0 Å². The third-order valence-electron chi connectivity index (χ3n) is 8.40. The summed E-state index contributed by atoms with van der Waals surface area (Å²) in [5.41, 5.74) is 0.480. The topological polar surface area (TPSA) is 60.7 Å². The van der Waals surface area contributed by atoms with E-state index in [1.54, 1.807) is 0 Å². The molecule has 3 nitrogen and oxygen atoms in total. The lowest BCUT2D eigenvalue weighted by Gasteiger charge is -2.61. The van der Waals surface area contributed by atoms with Crippen LogP contribution in [-0.4, -0.2) is 33.6 Å². The van der Waals surface area contributed by atoms with E-state index in [2.05, 4.69) is 13.8 Å². The Labute approximate surface area is 134 Å². The molecule has 0 radical (unpaired) electrons. The van der Waals surface area contributed by atoms with Crippen LogP contribution in [-0.2, 0) is 0 Å². The zero-order valence-corrected chi connectivity index (χ0v) is 14.0. The van der Waals surface area contributed by atoms with Crippen molar-refractivity contribution in [3.63, 3.8) is 0 Å². The highest BCUT2D eigenvalue weighted by Gasteiger charge is 2.61. The smallest absolute Gasteiger partial charge is 0.0577 e. The fourth-order valence-corrected chi connectivity index (χ4v) is 7.30. The Hall–Kier alpha value is -0.120. The molecular formula is C19H32O3. The van der Waals surface area contributed by atoms with Crippen LogP contribution >= 0.6 is 0 Å². The Morgan fingerprint density at radius 2 is 1.50 bits per heavy atom. The minimum absolute atomic E-state index is 0.135. The molecule has 0 saturated heterocycles. The maximum Gasteiger partial charge on any atom is 0.0577 e. The zero-order valence-electron chi connectivity index (χ0n) is 14.0. The van der Waals surface area contributed by atoms with E-state index < -0.39 is 0 Å². The Morgan fingerprint density at radius 1 is 0.773 bits per heavy atom. The zero-order chi connectivity index (χ0) is 15.7. The second-order valence-corrected chi connectivity index (χ2v) is 9.51. The predicted octanol–water partition coefficient (Wildman–Crippen LogP) is 2.72. The van der Waals surface area contributed by atoms with Crippen LogP contribution in [0.15, 0.2) is 0 Å². The molecule has 0 amide bonds. The molecule has 4 aliphatic rings. The van der Waals surface area contributed by atoms with Gasteiger partial charge in [0.1, 0.15) is 0 Å². The number of aliphatic hydroxyl groups is 3. The highest BCUT2D eigenvalue weighted by atomic mass is 16.3. The highest BCUT2D eigenvalue weighted by molar-refractivity contribution is 5.10. The fourth-order valence-electron chi connectivity index (χ4n) is 7.30. The van der Waals surface area contributed by atoms with Crippen LogP contribution in [0.2, 0.25) is 0 Å². The molecule has 3 heteroatoms. The summed E-state index contributed by atoms with van der Waals surface area (Å²) in [4.78, 5) is 0. The third-order valence-corrected chi connectivity index (χ3v) is 8.40. The molecule has 126 valence electrons. The molecule has 3 N–H and O–H groups in total. The van der Waals surface area contributed by atoms with Crippen molar-refractivity contribution in [1.82, 2.24) is 0 Å². The van der Waals surface area contributed by atoms with Crippen molar-refractivity contribution in [2.45, 2.75) is 83.5 Å². The second kappa shape index (κ2) is 4.94. The van der Waals surface area contributed by atoms with Gasteiger partial charge in [-0.1, -0.05) is 13.8 Å². The normalized spacial score (nSPS) is 61.2. The Morgan fingerprint density at radius 3 is 2.27 bits per heavy atom. The van der Waals surface area contributed by atoms with Crippen LogP contribution in [0, 0.1) is 34.5 Å². The lowest BCUT2D eigenvalue weighted by Crippen LogP contribution is -2.57. The Balaban J connectivity index is 1.66. The van der Waals surface area contributed by atoms with Gasteiger partial charge in [-0.15, -0.1) is 0 Å². The van der Waals surface area contributed by atoms with Crippen LogP contribution in [0.3, 0.4) is 0 Å². The largest absolute Gasteiger partial charge is 0.393 e. The molecule has 0 spiro atoms. The lowest BCUT2D eigenvalue weighted by molar-refractivity contribution is -0.167. The van der Waals surface area contributed by atoms with Gasteiger partial charge < -0.3 is 15.3 Å². The summed E-state index contributed by atoms with van der Waals surface area (Å²) in [6, 6.07) is 0. The van der Waals surface area contributed by atoms with E-state index in [0.29, 0.717) is 17.8 Å².